The van der Waals surface area contributed by atoms with E-state index in [-0.39, 0.29) is 56.9 Å². The van der Waals surface area contributed by atoms with Crippen molar-refractivity contribution < 1.29 is 64.3 Å². The maximum atomic E-state index is 12.2. The first-order chi connectivity index (χ1) is 6.94. The zero-order valence-electron chi connectivity index (χ0n) is 9.12. The van der Waals surface area contributed by atoms with Crippen LogP contribution in [-0.4, -0.2) is 20.5 Å². The number of nitriles is 1. The van der Waals surface area contributed by atoms with Gasteiger partial charge in [0.2, 0.25) is 0 Å². The molecule has 0 aliphatic heterocycles. The third kappa shape index (κ3) is 4.89. The van der Waals surface area contributed by atoms with E-state index in [2.05, 4.69) is 0 Å². The summed E-state index contributed by atoms with van der Waals surface area (Å²) < 4.78 is 36.5. The van der Waals surface area contributed by atoms with E-state index in [1.165, 1.54) is 19.2 Å². The third-order valence-corrected chi connectivity index (χ3v) is 1.92. The first-order valence-corrected chi connectivity index (χ1v) is 4.35. The van der Waals surface area contributed by atoms with Crippen molar-refractivity contribution in [3.8, 4) is 6.07 Å². The number of hydrogen-bond donors (Lipinski definition) is 0. The summed E-state index contributed by atoms with van der Waals surface area (Å²) in [5, 5.41) is 8.71. The van der Waals surface area contributed by atoms with Crippen LogP contribution in [0.3, 0.4) is 0 Å². The molecule has 0 aromatic heterocycles. The molecule has 0 atom stereocenters. The van der Waals surface area contributed by atoms with Gasteiger partial charge in [0.25, 0.3) is 0 Å². The molecule has 16 heavy (non-hydrogen) atoms. The van der Waals surface area contributed by atoms with Crippen LogP contribution in [0.1, 0.15) is 5.56 Å². The number of halogens is 3. The zero-order valence-corrected chi connectivity index (χ0v) is 12.2. The van der Waals surface area contributed by atoms with E-state index in [1.807, 2.05) is 6.07 Å². The molecule has 1 aromatic carbocycles. The molecular weight excluding hydrogens is 243 g/mol. The number of benzene rings is 1. The van der Waals surface area contributed by atoms with Crippen LogP contribution in [0.5, 0.6) is 0 Å². The molecule has 7 heteroatoms. The number of hydrogen-bond acceptors (Lipinski definition) is 2. The van der Waals surface area contributed by atoms with Crippen molar-refractivity contribution >= 4 is 12.7 Å². The Morgan fingerprint density at radius 3 is 2.38 bits per heavy atom. The molecule has 0 N–H and O–H groups in total. The quantitative estimate of drug-likeness (QED) is 0.671. The van der Waals surface area contributed by atoms with E-state index in [1.54, 1.807) is 12.1 Å². The number of nitrogens with zero attached hydrogens (tertiary/aromatic N) is 2. The maximum absolute atomic E-state index is 12.2. The number of anilines is 1. The standard InChI is InChI=1S/C9H9BF3N2.K/c1-15(7-10(11,12)13)9-5-3-2-4-8(9)6-14;/h2-5H,7H2,1H3;/q-1;+1. The zero-order chi connectivity index (χ0) is 11.5. The average Bonchev–Trinajstić information content (AvgIpc) is 2.15. The van der Waals surface area contributed by atoms with Gasteiger partial charge in [0.05, 0.1) is 11.3 Å². The van der Waals surface area contributed by atoms with E-state index >= 15 is 0 Å². The smallest absolute Gasteiger partial charge is 0.448 e. The van der Waals surface area contributed by atoms with Gasteiger partial charge in [0.15, 0.2) is 0 Å². The van der Waals surface area contributed by atoms with Crippen molar-refractivity contribution in [2.45, 2.75) is 0 Å². The molecule has 0 spiro atoms. The third-order valence-electron chi connectivity index (χ3n) is 1.92. The fraction of sp³-hybridized carbons (Fsp3) is 0.222. The molecule has 0 aliphatic carbocycles. The van der Waals surface area contributed by atoms with Crippen LogP contribution >= 0.6 is 0 Å². The molecule has 2 nitrogen and oxygen atoms in total. The van der Waals surface area contributed by atoms with Gasteiger partial charge in [-0.2, -0.15) is 5.26 Å². The average molecular weight is 252 g/mol. The molecule has 80 valence electrons. The molecule has 0 unspecified atom stereocenters. The van der Waals surface area contributed by atoms with Gasteiger partial charge in [0, 0.05) is 7.05 Å². The minimum atomic E-state index is -4.88. The summed E-state index contributed by atoms with van der Waals surface area (Å²) >= 11 is 0. The SMILES string of the molecule is CN(C[B-](F)(F)F)c1ccccc1C#N.[K+]. The van der Waals surface area contributed by atoms with Crippen molar-refractivity contribution in [2.75, 3.05) is 18.4 Å². The fourth-order valence-electron chi connectivity index (χ4n) is 1.31. The van der Waals surface area contributed by atoms with Crippen LogP contribution < -0.4 is 56.3 Å². The Morgan fingerprint density at radius 2 is 1.88 bits per heavy atom. The molecule has 0 saturated heterocycles. The van der Waals surface area contributed by atoms with Crippen LogP contribution in [0.25, 0.3) is 0 Å². The molecule has 0 bridgehead atoms. The van der Waals surface area contributed by atoms with Crippen molar-refractivity contribution in [3.63, 3.8) is 0 Å². The number of para-hydroxylation sites is 1. The molecule has 0 radical (unpaired) electrons. The molecule has 0 aliphatic rings. The fourth-order valence-corrected chi connectivity index (χ4v) is 1.31. The molecular formula is C9H9BF3KN2. The summed E-state index contributed by atoms with van der Waals surface area (Å²) in [6.45, 7) is -4.88. The molecule has 1 rings (SSSR count). The second-order valence-corrected chi connectivity index (χ2v) is 3.22. The Morgan fingerprint density at radius 1 is 1.31 bits per heavy atom. The van der Waals surface area contributed by atoms with Gasteiger partial charge in [-0.15, -0.1) is 0 Å². The monoisotopic (exact) mass is 252 g/mol. The van der Waals surface area contributed by atoms with Gasteiger partial charge in [-0.3, -0.25) is 0 Å². The second kappa shape index (κ2) is 6.67. The van der Waals surface area contributed by atoms with Crippen LogP contribution in [0.15, 0.2) is 24.3 Å². The van der Waals surface area contributed by atoms with Gasteiger partial charge in [-0.25, -0.2) is 0 Å². The van der Waals surface area contributed by atoms with Gasteiger partial charge >= 0.3 is 58.4 Å². The van der Waals surface area contributed by atoms with E-state index in [4.69, 9.17) is 5.26 Å². The van der Waals surface area contributed by atoms with E-state index in [0.29, 0.717) is 5.69 Å². The van der Waals surface area contributed by atoms with Gasteiger partial charge in [0.1, 0.15) is 6.07 Å². The van der Waals surface area contributed by atoms with Crippen molar-refractivity contribution in [2.24, 2.45) is 0 Å². The summed E-state index contributed by atoms with van der Waals surface area (Å²) in [5.74, 6) is 0. The first kappa shape index (κ1) is 16.0. The Balaban J connectivity index is 0.00000225. The van der Waals surface area contributed by atoms with Crippen LogP contribution in [0, 0.1) is 11.3 Å². The minimum Gasteiger partial charge on any atom is -0.448 e. The van der Waals surface area contributed by atoms with Gasteiger partial charge < -0.3 is 17.8 Å². The van der Waals surface area contributed by atoms with Gasteiger partial charge in [-0.05, 0) is 18.6 Å². The summed E-state index contributed by atoms with van der Waals surface area (Å²) in [5.41, 5.74) is 0.555. The van der Waals surface area contributed by atoms with Crippen LogP contribution in [0.2, 0.25) is 0 Å². The summed E-state index contributed by atoms with van der Waals surface area (Å²) in [4.78, 5) is 1.04. The molecule has 0 fully saturated rings. The second-order valence-electron chi connectivity index (χ2n) is 3.22. The van der Waals surface area contributed by atoms with Crippen LogP contribution in [-0.2, 0) is 0 Å². The minimum absolute atomic E-state index is 0. The maximum Gasteiger partial charge on any atom is 1.00 e. The van der Waals surface area contributed by atoms with E-state index in [0.717, 1.165) is 4.90 Å². The van der Waals surface area contributed by atoms with Crippen LogP contribution in [0.4, 0.5) is 18.6 Å². The first-order valence-electron chi connectivity index (χ1n) is 4.35. The Labute approximate surface area is 135 Å². The predicted molar refractivity (Wildman–Crippen MR) is 53.5 cm³/mol. The Bertz CT molecular complexity index is 389. The van der Waals surface area contributed by atoms with E-state index < -0.39 is 13.4 Å². The van der Waals surface area contributed by atoms with Crippen molar-refractivity contribution in [3.05, 3.63) is 29.8 Å². The molecule has 0 amide bonds. The van der Waals surface area contributed by atoms with Gasteiger partial charge in [-0.1, -0.05) is 12.1 Å². The molecule has 0 heterocycles. The summed E-state index contributed by atoms with van der Waals surface area (Å²) in [6, 6.07) is 8.08. The normalized spacial score (nSPS) is 10.2. The topological polar surface area (TPSA) is 27.0 Å². The van der Waals surface area contributed by atoms with E-state index in [9.17, 15) is 12.9 Å². The Kier molecular flexibility index (Phi) is 6.67. The van der Waals surface area contributed by atoms with Crippen molar-refractivity contribution in [1.82, 2.24) is 0 Å². The summed E-state index contributed by atoms with van der Waals surface area (Å²) in [7, 11) is 1.32. The summed E-state index contributed by atoms with van der Waals surface area (Å²) in [6.07, 6.45) is -1.00. The van der Waals surface area contributed by atoms with Crippen molar-refractivity contribution in [1.29, 1.82) is 5.26 Å². The largest absolute Gasteiger partial charge is 1.00 e. The molecule has 0 saturated carbocycles. The number of rotatable bonds is 3. The predicted octanol–water partition coefficient (Wildman–Crippen LogP) is -0.615. The molecule has 1 aromatic rings. The Hall–Kier alpha value is 0.00130.